The number of alkyl halides is 3. The van der Waals surface area contributed by atoms with E-state index < -0.39 is 23.2 Å². The van der Waals surface area contributed by atoms with Gasteiger partial charge in [-0.1, -0.05) is 0 Å². The summed E-state index contributed by atoms with van der Waals surface area (Å²) in [6, 6.07) is 0. The average Bonchev–Trinajstić information content (AvgIpc) is 3.12. The van der Waals surface area contributed by atoms with Crippen molar-refractivity contribution in [2.75, 3.05) is 0 Å². The fourth-order valence-electron chi connectivity index (χ4n) is 1.56. The molecule has 0 amide bonds. The van der Waals surface area contributed by atoms with E-state index in [2.05, 4.69) is 34.6 Å². The molecule has 2 aromatic rings. The number of nitrogens with zero attached hydrogens (tertiary/aromatic N) is 2. The second-order valence-electron chi connectivity index (χ2n) is 4.31. The molecule has 2 heterocycles. The van der Waals surface area contributed by atoms with E-state index in [-0.39, 0.29) is 0 Å². The molecule has 0 aliphatic carbocycles. The zero-order valence-corrected chi connectivity index (χ0v) is 13.4. The summed E-state index contributed by atoms with van der Waals surface area (Å²) in [5.41, 5.74) is -1.55. The minimum atomic E-state index is -4.85. The third-order valence-corrected chi connectivity index (χ3v) is 3.90. The van der Waals surface area contributed by atoms with Crippen LogP contribution < -0.4 is 0 Å². The van der Waals surface area contributed by atoms with Crippen molar-refractivity contribution < 1.29 is 18.3 Å². The number of unbranched alkanes of at least 4 members (excludes halogenated alkanes) is 1. The fraction of sp³-hybridized carbons (Fsp3) is 0.500. The van der Waals surface area contributed by atoms with Crippen LogP contribution >= 0.6 is 22.7 Å². The number of thiazole rings is 2. The number of hydrogen-bond acceptors (Lipinski definition) is 5. The van der Waals surface area contributed by atoms with E-state index in [0.717, 1.165) is 33.4 Å². The molecule has 21 heavy (non-hydrogen) atoms. The van der Waals surface area contributed by atoms with Crippen LogP contribution in [0.25, 0.3) is 0 Å². The quantitative estimate of drug-likeness (QED) is 0.868. The van der Waals surface area contributed by atoms with Crippen molar-refractivity contribution in [3.63, 3.8) is 0 Å². The van der Waals surface area contributed by atoms with Gasteiger partial charge >= 0.3 is 48.8 Å². The van der Waals surface area contributed by atoms with Crippen molar-refractivity contribution >= 4 is 40.4 Å². The molecule has 9 heteroatoms. The SMILES string of the molecule is OC(c1cscn1)(c1cscn1)C(F)(F)F.[Li][CH2]CCC. The van der Waals surface area contributed by atoms with E-state index in [1.54, 1.807) is 0 Å². The van der Waals surface area contributed by atoms with E-state index in [1.165, 1.54) is 29.0 Å². The first-order valence-electron chi connectivity index (χ1n) is 6.44. The standard InChI is InChI=1S/C8H5F3N2OS2.C4H9.Li/c9-8(10,11)7(14,5-1-15-3-12-5)6-2-16-4-13-6;1-3-4-2;/h1-4,14H;1,3-4H2,2H3;. The normalized spacial score (nSPS) is 12.0. The van der Waals surface area contributed by atoms with Crippen LogP contribution in [0, 0.1) is 0 Å². The molecular formula is C12H14F3LiN2OS2. The minimum absolute atomic E-state index is 0.448. The van der Waals surface area contributed by atoms with Crippen molar-refractivity contribution in [2.45, 2.75) is 36.6 Å². The van der Waals surface area contributed by atoms with E-state index >= 15 is 0 Å². The Hall–Kier alpha value is -0.393. The predicted octanol–water partition coefficient (Wildman–Crippen LogP) is 3.77. The summed E-state index contributed by atoms with van der Waals surface area (Å²) in [6.07, 6.45) is -2.12. The molecule has 2 aromatic heterocycles. The summed E-state index contributed by atoms with van der Waals surface area (Å²) in [7, 11) is 0. The zero-order chi connectivity index (χ0) is 15.9. The molecule has 0 bridgehead atoms. The Morgan fingerprint density at radius 2 is 1.62 bits per heavy atom. The first kappa shape index (κ1) is 18.7. The summed E-state index contributed by atoms with van der Waals surface area (Å²) in [6.45, 7) is 2.21. The van der Waals surface area contributed by atoms with Crippen LogP contribution in [-0.4, -0.2) is 39.0 Å². The van der Waals surface area contributed by atoms with Gasteiger partial charge in [0, 0.05) is 10.8 Å². The molecule has 3 nitrogen and oxygen atoms in total. The Labute approximate surface area is 138 Å². The van der Waals surface area contributed by atoms with Gasteiger partial charge in [0.15, 0.2) is 0 Å². The molecule has 0 aliphatic heterocycles. The van der Waals surface area contributed by atoms with E-state index in [1.807, 2.05) is 0 Å². The molecule has 0 fully saturated rings. The molecule has 0 radical (unpaired) electrons. The summed E-state index contributed by atoms with van der Waals surface area (Å²) < 4.78 is 38.7. The number of aliphatic hydroxyl groups is 1. The topological polar surface area (TPSA) is 46.0 Å². The Balaban J connectivity index is 0.000000383. The molecule has 0 aromatic carbocycles. The van der Waals surface area contributed by atoms with Crippen LogP contribution in [0.4, 0.5) is 13.2 Å². The molecule has 0 spiro atoms. The zero-order valence-electron chi connectivity index (χ0n) is 11.7. The first-order chi connectivity index (χ1) is 9.87. The van der Waals surface area contributed by atoms with E-state index in [4.69, 9.17) is 0 Å². The third kappa shape index (κ3) is 4.54. The van der Waals surface area contributed by atoms with Gasteiger partial charge in [0.2, 0.25) is 5.60 Å². The van der Waals surface area contributed by atoms with Crippen LogP contribution in [0.1, 0.15) is 31.2 Å². The molecule has 0 unspecified atom stereocenters. The second-order valence-corrected chi connectivity index (χ2v) is 5.75. The van der Waals surface area contributed by atoms with Gasteiger partial charge in [-0.2, -0.15) is 13.2 Å². The molecular weight excluding hydrogens is 316 g/mol. The summed E-state index contributed by atoms with van der Waals surface area (Å²) >= 11 is 4.18. The number of hydrogen-bond donors (Lipinski definition) is 1. The van der Waals surface area contributed by atoms with Gasteiger partial charge in [0.1, 0.15) is 0 Å². The van der Waals surface area contributed by atoms with Crippen molar-refractivity contribution in [1.29, 1.82) is 0 Å². The Kier molecular flexibility index (Phi) is 7.37. The van der Waals surface area contributed by atoms with E-state index in [0.29, 0.717) is 0 Å². The van der Waals surface area contributed by atoms with Gasteiger partial charge in [-0.05, 0) is 0 Å². The first-order valence-corrected chi connectivity index (χ1v) is 8.32. The number of halogens is 3. The van der Waals surface area contributed by atoms with Crippen molar-refractivity contribution in [2.24, 2.45) is 0 Å². The summed E-state index contributed by atoms with van der Waals surface area (Å²) in [4.78, 5) is 7.05. The van der Waals surface area contributed by atoms with Gasteiger partial charge in [0.25, 0.3) is 0 Å². The number of aromatic nitrogens is 2. The van der Waals surface area contributed by atoms with Crippen LogP contribution in [-0.2, 0) is 5.60 Å². The monoisotopic (exact) mass is 330 g/mol. The Bertz CT molecular complexity index is 467. The van der Waals surface area contributed by atoms with Gasteiger partial charge < -0.3 is 5.11 Å². The summed E-state index contributed by atoms with van der Waals surface area (Å²) in [5, 5.41) is 13.5. The van der Waals surface area contributed by atoms with Crippen LogP contribution in [0.5, 0.6) is 0 Å². The number of rotatable bonds is 4. The maximum atomic E-state index is 12.9. The molecule has 0 saturated heterocycles. The van der Waals surface area contributed by atoms with Crippen molar-refractivity contribution in [3.05, 3.63) is 33.2 Å². The predicted molar refractivity (Wildman–Crippen MR) is 78.8 cm³/mol. The van der Waals surface area contributed by atoms with Gasteiger partial charge in [-0.25, -0.2) is 9.97 Å². The maximum absolute atomic E-state index is 12.9. The molecule has 0 aliphatic rings. The second kappa shape index (κ2) is 8.30. The van der Waals surface area contributed by atoms with Gasteiger partial charge in [-0.3, -0.25) is 0 Å². The molecule has 2 rings (SSSR count). The van der Waals surface area contributed by atoms with Crippen molar-refractivity contribution in [1.82, 2.24) is 9.97 Å². The van der Waals surface area contributed by atoms with Crippen LogP contribution in [0.3, 0.4) is 0 Å². The molecule has 1 N–H and O–H groups in total. The van der Waals surface area contributed by atoms with E-state index in [9.17, 15) is 18.3 Å². The molecule has 0 atom stereocenters. The fourth-order valence-corrected chi connectivity index (χ4v) is 2.75. The van der Waals surface area contributed by atoms with Gasteiger partial charge in [0.05, 0.1) is 22.4 Å². The molecule has 0 saturated carbocycles. The summed E-state index contributed by atoms with van der Waals surface area (Å²) in [5.74, 6) is 0. The van der Waals surface area contributed by atoms with Crippen molar-refractivity contribution in [3.8, 4) is 0 Å². The van der Waals surface area contributed by atoms with Gasteiger partial charge in [-0.15, -0.1) is 22.7 Å². The molecule has 112 valence electrons. The Morgan fingerprint density at radius 3 is 1.81 bits per heavy atom. The van der Waals surface area contributed by atoms with Crippen LogP contribution in [0.15, 0.2) is 21.8 Å². The van der Waals surface area contributed by atoms with Crippen LogP contribution in [0.2, 0.25) is 5.09 Å². The Morgan fingerprint density at radius 1 is 1.14 bits per heavy atom. The average molecular weight is 330 g/mol. The third-order valence-electron chi connectivity index (χ3n) is 2.72.